The number of hydrogen-bond acceptors (Lipinski definition) is 4. The molecule has 2 saturated heterocycles. The molecule has 2 unspecified atom stereocenters. The first-order chi connectivity index (χ1) is 8.38. The molecule has 0 aromatic carbocycles. The van der Waals surface area contributed by atoms with Gasteiger partial charge in [-0.3, -0.25) is 4.79 Å². The Morgan fingerprint density at radius 1 is 1.33 bits per heavy atom. The van der Waals surface area contributed by atoms with E-state index in [0.717, 1.165) is 25.7 Å². The predicted molar refractivity (Wildman–Crippen MR) is 66.8 cm³/mol. The van der Waals surface area contributed by atoms with Gasteiger partial charge in [-0.25, -0.2) is 12.7 Å². The zero-order valence-electron chi connectivity index (χ0n) is 10.5. The zero-order chi connectivity index (χ0) is 13.3. The van der Waals surface area contributed by atoms with Gasteiger partial charge in [-0.2, -0.15) is 0 Å². The van der Waals surface area contributed by atoms with Crippen molar-refractivity contribution in [1.82, 2.24) is 9.62 Å². The van der Waals surface area contributed by atoms with Gasteiger partial charge in [0.15, 0.2) is 0 Å². The molecule has 2 atom stereocenters. The third-order valence-corrected chi connectivity index (χ3v) is 5.87. The van der Waals surface area contributed by atoms with Crippen LogP contribution in [0.25, 0.3) is 0 Å². The van der Waals surface area contributed by atoms with Gasteiger partial charge in [0, 0.05) is 25.2 Å². The Labute approximate surface area is 107 Å². The lowest BCUT2D eigenvalue weighted by Gasteiger charge is -2.34. The van der Waals surface area contributed by atoms with Crippen LogP contribution in [0.4, 0.5) is 0 Å². The molecule has 0 spiro atoms. The van der Waals surface area contributed by atoms with Gasteiger partial charge >= 0.3 is 5.97 Å². The number of sulfonamides is 1. The van der Waals surface area contributed by atoms with E-state index in [0.29, 0.717) is 12.1 Å². The van der Waals surface area contributed by atoms with Gasteiger partial charge in [-0.15, -0.1) is 0 Å². The highest BCUT2D eigenvalue weighted by molar-refractivity contribution is 7.89. The van der Waals surface area contributed by atoms with E-state index in [9.17, 15) is 13.2 Å². The first kappa shape index (κ1) is 13.8. The van der Waals surface area contributed by atoms with Gasteiger partial charge in [0.2, 0.25) is 10.0 Å². The minimum absolute atomic E-state index is 0.0162. The summed E-state index contributed by atoms with van der Waals surface area (Å²) in [5.74, 6) is -1.38. The Balaban J connectivity index is 1.97. The maximum Gasteiger partial charge on any atom is 0.304 e. The molecule has 2 aliphatic heterocycles. The summed E-state index contributed by atoms with van der Waals surface area (Å²) >= 11 is 0. The fraction of sp³-hybridized carbons (Fsp3) is 0.909. The highest BCUT2D eigenvalue weighted by Gasteiger charge is 2.38. The Bertz CT molecular complexity index is 411. The van der Waals surface area contributed by atoms with Crippen LogP contribution in [0.1, 0.15) is 32.1 Å². The maximum absolute atomic E-state index is 12.0. The van der Waals surface area contributed by atoms with E-state index in [4.69, 9.17) is 5.11 Å². The molecule has 2 N–H and O–H groups in total. The van der Waals surface area contributed by atoms with Crippen LogP contribution >= 0.6 is 0 Å². The van der Waals surface area contributed by atoms with E-state index in [1.54, 1.807) is 7.05 Å². The number of carbonyl (C=O) groups is 1. The van der Waals surface area contributed by atoms with Crippen molar-refractivity contribution in [1.29, 1.82) is 0 Å². The van der Waals surface area contributed by atoms with Gasteiger partial charge in [0.25, 0.3) is 0 Å². The van der Waals surface area contributed by atoms with E-state index in [1.807, 2.05) is 0 Å². The molecular weight excluding hydrogens is 256 g/mol. The van der Waals surface area contributed by atoms with E-state index in [2.05, 4.69) is 5.32 Å². The summed E-state index contributed by atoms with van der Waals surface area (Å²) in [4.78, 5) is 10.5. The highest BCUT2D eigenvalue weighted by atomic mass is 32.2. The van der Waals surface area contributed by atoms with Crippen LogP contribution in [-0.2, 0) is 14.8 Å². The van der Waals surface area contributed by atoms with Crippen LogP contribution in [0.3, 0.4) is 0 Å². The van der Waals surface area contributed by atoms with Crippen molar-refractivity contribution in [2.24, 2.45) is 0 Å². The van der Waals surface area contributed by atoms with Gasteiger partial charge in [0.05, 0.1) is 12.2 Å². The topological polar surface area (TPSA) is 86.7 Å². The third-order valence-electron chi connectivity index (χ3n) is 3.98. The molecule has 0 aromatic heterocycles. The Morgan fingerprint density at radius 2 is 1.89 bits per heavy atom. The molecule has 0 saturated carbocycles. The molecule has 0 aromatic rings. The second-order valence-corrected chi connectivity index (χ2v) is 7.39. The fourth-order valence-electron chi connectivity index (χ4n) is 2.91. The smallest absolute Gasteiger partial charge is 0.304 e. The summed E-state index contributed by atoms with van der Waals surface area (Å²) in [5.41, 5.74) is 0. The van der Waals surface area contributed by atoms with E-state index < -0.39 is 16.0 Å². The standard InChI is InChI=1S/C11H20N2O4S/c1-13(18(16,17)5-4-11(14)15)10-6-8-2-3-9(7-10)12-8/h8-10,12H,2-7H2,1H3,(H,14,15). The number of nitrogens with one attached hydrogen (secondary N) is 1. The van der Waals surface area contributed by atoms with Gasteiger partial charge < -0.3 is 10.4 Å². The quantitative estimate of drug-likeness (QED) is 0.738. The number of carboxylic acids is 1. The van der Waals surface area contributed by atoms with Crippen LogP contribution in [0.2, 0.25) is 0 Å². The molecule has 2 rings (SSSR count). The number of nitrogens with zero attached hydrogens (tertiary/aromatic N) is 1. The molecule has 18 heavy (non-hydrogen) atoms. The fourth-order valence-corrected chi connectivity index (χ4v) is 4.26. The number of carboxylic acid groups (broad SMARTS) is 1. The number of aliphatic carboxylic acids is 1. The Kier molecular flexibility index (Phi) is 3.93. The monoisotopic (exact) mass is 276 g/mol. The summed E-state index contributed by atoms with van der Waals surface area (Å²) in [7, 11) is -1.87. The SMILES string of the molecule is CN(C1CC2CCC(C1)N2)S(=O)(=O)CCC(=O)O. The average molecular weight is 276 g/mol. The number of fused-ring (bicyclic) bond motifs is 2. The minimum atomic E-state index is -3.45. The van der Waals surface area contributed by atoms with E-state index >= 15 is 0 Å². The molecule has 6 nitrogen and oxygen atoms in total. The molecule has 0 radical (unpaired) electrons. The summed E-state index contributed by atoms with van der Waals surface area (Å²) in [6.45, 7) is 0. The second-order valence-electron chi connectivity index (χ2n) is 5.24. The van der Waals surface area contributed by atoms with Crippen LogP contribution in [-0.4, -0.2) is 54.7 Å². The predicted octanol–water partition coefficient (Wildman–Crippen LogP) is 0.00570. The maximum atomic E-state index is 12.0. The van der Waals surface area contributed by atoms with Gasteiger partial charge in [-0.1, -0.05) is 0 Å². The first-order valence-corrected chi connectivity index (χ1v) is 7.93. The van der Waals surface area contributed by atoms with Crippen molar-refractivity contribution >= 4 is 16.0 Å². The third kappa shape index (κ3) is 3.02. The number of rotatable bonds is 5. The van der Waals surface area contributed by atoms with E-state index in [1.165, 1.54) is 4.31 Å². The van der Waals surface area contributed by atoms with Crippen molar-refractivity contribution < 1.29 is 18.3 Å². The summed E-state index contributed by atoms with van der Waals surface area (Å²) in [5, 5.41) is 12.0. The van der Waals surface area contributed by atoms with Crippen LogP contribution in [0.15, 0.2) is 0 Å². The van der Waals surface area contributed by atoms with Crippen LogP contribution in [0.5, 0.6) is 0 Å². The van der Waals surface area contributed by atoms with Crippen molar-refractivity contribution in [3.63, 3.8) is 0 Å². The van der Waals surface area contributed by atoms with Gasteiger partial charge in [0.1, 0.15) is 0 Å². The molecular formula is C11H20N2O4S. The molecule has 2 aliphatic rings. The minimum Gasteiger partial charge on any atom is -0.481 e. The molecule has 2 fully saturated rings. The average Bonchev–Trinajstić information content (AvgIpc) is 2.65. The van der Waals surface area contributed by atoms with E-state index in [-0.39, 0.29) is 18.2 Å². The van der Waals surface area contributed by atoms with Gasteiger partial charge in [-0.05, 0) is 25.7 Å². The summed E-state index contributed by atoms with van der Waals surface area (Å²) in [6, 6.07) is 0.860. The lowest BCUT2D eigenvalue weighted by Crippen LogP contribution is -2.49. The van der Waals surface area contributed by atoms with Crippen molar-refractivity contribution in [2.45, 2.75) is 50.2 Å². The highest BCUT2D eigenvalue weighted by Crippen LogP contribution is 2.30. The largest absolute Gasteiger partial charge is 0.481 e. The Hall–Kier alpha value is -0.660. The summed E-state index contributed by atoms with van der Waals surface area (Å²) < 4.78 is 25.4. The molecule has 0 aliphatic carbocycles. The first-order valence-electron chi connectivity index (χ1n) is 6.32. The molecule has 0 amide bonds. The summed E-state index contributed by atoms with van der Waals surface area (Å²) in [6.07, 6.45) is 3.57. The Morgan fingerprint density at radius 3 is 2.39 bits per heavy atom. The molecule has 104 valence electrons. The van der Waals surface area contributed by atoms with Crippen molar-refractivity contribution in [3.05, 3.63) is 0 Å². The van der Waals surface area contributed by atoms with Crippen molar-refractivity contribution in [2.75, 3.05) is 12.8 Å². The lowest BCUT2D eigenvalue weighted by molar-refractivity contribution is -0.136. The zero-order valence-corrected chi connectivity index (χ0v) is 11.3. The number of piperidine rings is 1. The molecule has 7 heteroatoms. The van der Waals surface area contributed by atoms with Crippen LogP contribution in [0, 0.1) is 0 Å². The van der Waals surface area contributed by atoms with Crippen LogP contribution < -0.4 is 5.32 Å². The lowest BCUT2D eigenvalue weighted by atomic mass is 10.0. The molecule has 2 heterocycles. The van der Waals surface area contributed by atoms with Crippen molar-refractivity contribution in [3.8, 4) is 0 Å². The normalized spacial score (nSPS) is 31.8. The molecule has 2 bridgehead atoms. The second kappa shape index (κ2) is 5.14. The number of hydrogen-bond donors (Lipinski definition) is 2.